The van der Waals surface area contributed by atoms with Gasteiger partial charge in [0, 0.05) is 0 Å². The van der Waals surface area contributed by atoms with Gasteiger partial charge in [-0.25, -0.2) is 0 Å². The van der Waals surface area contributed by atoms with Crippen molar-refractivity contribution in [3.8, 4) is 0 Å². The maximum Gasteiger partial charge on any atom is 0.286 e. The smallest absolute Gasteiger partial charge is 0.286 e. The molecule has 0 bridgehead atoms. The Balaban J connectivity index is 4.02. The summed E-state index contributed by atoms with van der Waals surface area (Å²) < 4.78 is 0. The van der Waals surface area contributed by atoms with Gasteiger partial charge in [-0.2, -0.15) is 0 Å². The van der Waals surface area contributed by atoms with E-state index in [1.165, 1.54) is 0 Å². The fourth-order valence-corrected chi connectivity index (χ4v) is 0.867. The van der Waals surface area contributed by atoms with Crippen molar-refractivity contribution in [3.05, 3.63) is 0 Å². The average Bonchev–Trinajstić information content (AvgIpc) is 1.98. The second-order valence-corrected chi connectivity index (χ2v) is 2.36. The monoisotopic (exact) mass is 158 g/mol. The highest BCUT2D eigenvalue weighted by molar-refractivity contribution is 6.37. The minimum atomic E-state index is -0.863. The van der Waals surface area contributed by atoms with Gasteiger partial charge in [0.1, 0.15) is 0 Å². The molecule has 1 amide bonds. The Kier molecular flexibility index (Phi) is 4.45. The average molecular weight is 158 g/mol. The number of Topliss-reactive ketones (excluding diaryl/α,β-unsaturated/α-hetero) is 1. The molecule has 0 aromatic carbocycles. The second-order valence-electron chi connectivity index (χ2n) is 2.36. The molecule has 0 rings (SSSR count). The van der Waals surface area contributed by atoms with Gasteiger partial charge < -0.3 is 11.1 Å². The van der Waals surface area contributed by atoms with E-state index >= 15 is 0 Å². The molecular formula is C7H14N2O2. The van der Waals surface area contributed by atoms with Crippen LogP contribution in [-0.4, -0.2) is 24.8 Å². The molecule has 64 valence electrons. The molecular weight excluding hydrogens is 144 g/mol. The van der Waals surface area contributed by atoms with Crippen molar-refractivity contribution in [2.75, 3.05) is 7.05 Å². The van der Waals surface area contributed by atoms with Gasteiger partial charge in [-0.05, 0) is 13.5 Å². The van der Waals surface area contributed by atoms with Gasteiger partial charge in [-0.3, -0.25) is 9.59 Å². The molecule has 0 unspecified atom stereocenters. The summed E-state index contributed by atoms with van der Waals surface area (Å²) in [5.41, 5.74) is 4.81. The van der Waals surface area contributed by atoms with Crippen LogP contribution in [0.4, 0.5) is 0 Å². The van der Waals surface area contributed by atoms with E-state index in [2.05, 4.69) is 5.32 Å². The van der Waals surface area contributed by atoms with Crippen molar-refractivity contribution in [1.29, 1.82) is 0 Å². The van der Waals surface area contributed by atoms with Crippen LogP contribution in [0.2, 0.25) is 0 Å². The zero-order chi connectivity index (χ0) is 8.85. The molecule has 0 radical (unpaired) electrons. The van der Waals surface area contributed by atoms with Crippen LogP contribution in [0.3, 0.4) is 0 Å². The normalized spacial score (nSPS) is 12.5. The molecule has 1 atom stereocenters. The summed E-state index contributed by atoms with van der Waals surface area (Å²) in [6.07, 6.45) is 1.50. The number of hydrogen-bond acceptors (Lipinski definition) is 3. The summed E-state index contributed by atoms with van der Waals surface area (Å²) >= 11 is 0. The molecule has 4 heteroatoms. The van der Waals surface area contributed by atoms with E-state index < -0.39 is 17.7 Å². The van der Waals surface area contributed by atoms with Gasteiger partial charge in [0.2, 0.25) is 5.78 Å². The first-order valence-corrected chi connectivity index (χ1v) is 3.64. The van der Waals surface area contributed by atoms with Crippen LogP contribution >= 0.6 is 0 Å². The molecule has 0 fully saturated rings. The number of ketones is 1. The quantitative estimate of drug-likeness (QED) is 0.526. The Morgan fingerprint density at radius 1 is 1.55 bits per heavy atom. The number of primary amides is 1. The lowest BCUT2D eigenvalue weighted by Crippen LogP contribution is -2.41. The summed E-state index contributed by atoms with van der Waals surface area (Å²) in [5.74, 6) is -1.40. The number of carbonyl (C=O) groups excluding carboxylic acids is 2. The largest absolute Gasteiger partial charge is 0.363 e. The van der Waals surface area contributed by atoms with E-state index in [1.54, 1.807) is 7.05 Å². The lowest BCUT2D eigenvalue weighted by molar-refractivity contribution is -0.137. The number of nitrogens with two attached hydrogens (primary N) is 1. The van der Waals surface area contributed by atoms with Crippen LogP contribution in [0.5, 0.6) is 0 Å². The molecule has 0 saturated carbocycles. The van der Waals surface area contributed by atoms with Crippen LogP contribution in [0, 0.1) is 0 Å². The van der Waals surface area contributed by atoms with E-state index in [4.69, 9.17) is 5.73 Å². The summed E-state index contributed by atoms with van der Waals surface area (Å²) in [5, 5.41) is 2.73. The molecule has 4 nitrogen and oxygen atoms in total. The van der Waals surface area contributed by atoms with Crippen molar-refractivity contribution < 1.29 is 9.59 Å². The minimum Gasteiger partial charge on any atom is -0.363 e. The number of likely N-dealkylation sites (N-methyl/N-ethyl adjacent to an activating group) is 1. The summed E-state index contributed by atoms with van der Waals surface area (Å²) in [7, 11) is 1.64. The molecule has 11 heavy (non-hydrogen) atoms. The second kappa shape index (κ2) is 4.85. The third-order valence-electron chi connectivity index (χ3n) is 1.49. The van der Waals surface area contributed by atoms with Crippen LogP contribution in [0.25, 0.3) is 0 Å². The zero-order valence-electron chi connectivity index (χ0n) is 6.89. The van der Waals surface area contributed by atoms with Gasteiger partial charge in [0.25, 0.3) is 5.91 Å². The molecule has 0 aliphatic rings. The lowest BCUT2D eigenvalue weighted by Gasteiger charge is -2.10. The Bertz CT molecular complexity index is 157. The van der Waals surface area contributed by atoms with Crippen molar-refractivity contribution >= 4 is 11.7 Å². The molecule has 0 aliphatic carbocycles. The van der Waals surface area contributed by atoms with E-state index in [1.807, 2.05) is 6.92 Å². The number of rotatable bonds is 5. The van der Waals surface area contributed by atoms with Gasteiger partial charge in [-0.15, -0.1) is 0 Å². The topological polar surface area (TPSA) is 72.2 Å². The lowest BCUT2D eigenvalue weighted by atomic mass is 10.1. The fraction of sp³-hybridized carbons (Fsp3) is 0.714. The Hall–Kier alpha value is -0.900. The third-order valence-corrected chi connectivity index (χ3v) is 1.49. The number of amides is 1. The van der Waals surface area contributed by atoms with E-state index in [0.29, 0.717) is 6.42 Å². The Morgan fingerprint density at radius 3 is 2.36 bits per heavy atom. The Morgan fingerprint density at radius 2 is 2.09 bits per heavy atom. The number of hydrogen-bond donors (Lipinski definition) is 2. The van der Waals surface area contributed by atoms with Crippen molar-refractivity contribution in [2.45, 2.75) is 25.8 Å². The number of carbonyl (C=O) groups is 2. The standard InChI is InChI=1S/C7H14N2O2/c1-3-4-5(9-2)6(10)7(8)11/h5,9H,3-4H2,1-2H3,(H2,8,11)/t5-/m0/s1. The molecule has 0 aromatic rings. The molecule has 0 aromatic heterocycles. The van der Waals surface area contributed by atoms with Crippen molar-refractivity contribution in [2.24, 2.45) is 5.73 Å². The summed E-state index contributed by atoms with van der Waals surface area (Å²) in [4.78, 5) is 21.3. The highest BCUT2D eigenvalue weighted by atomic mass is 16.2. The van der Waals surface area contributed by atoms with Crippen LogP contribution < -0.4 is 11.1 Å². The van der Waals surface area contributed by atoms with E-state index in [-0.39, 0.29) is 0 Å². The van der Waals surface area contributed by atoms with Crippen LogP contribution in [0.15, 0.2) is 0 Å². The SMILES string of the molecule is CCC[C@H](NC)C(=O)C(N)=O. The predicted molar refractivity (Wildman–Crippen MR) is 42.0 cm³/mol. The van der Waals surface area contributed by atoms with Crippen LogP contribution in [0.1, 0.15) is 19.8 Å². The predicted octanol–water partition coefficient (Wildman–Crippen LogP) is -0.571. The van der Waals surface area contributed by atoms with Gasteiger partial charge in [0.15, 0.2) is 0 Å². The molecule has 0 saturated heterocycles. The minimum absolute atomic E-state index is 0.405. The van der Waals surface area contributed by atoms with Gasteiger partial charge >= 0.3 is 0 Å². The first-order chi connectivity index (χ1) is 5.13. The third kappa shape index (κ3) is 3.13. The van der Waals surface area contributed by atoms with Gasteiger partial charge in [-0.1, -0.05) is 13.3 Å². The van der Waals surface area contributed by atoms with Gasteiger partial charge in [0.05, 0.1) is 6.04 Å². The Labute approximate surface area is 66.1 Å². The first kappa shape index (κ1) is 10.1. The number of nitrogens with one attached hydrogen (secondary N) is 1. The maximum absolute atomic E-state index is 10.9. The molecule has 0 spiro atoms. The highest BCUT2D eigenvalue weighted by Crippen LogP contribution is 1.96. The summed E-state index contributed by atoms with van der Waals surface area (Å²) in [6.45, 7) is 1.94. The van der Waals surface area contributed by atoms with Crippen molar-refractivity contribution in [3.63, 3.8) is 0 Å². The van der Waals surface area contributed by atoms with E-state index in [0.717, 1.165) is 6.42 Å². The summed E-state index contributed by atoms with van der Waals surface area (Å²) in [6, 6.07) is -0.405. The van der Waals surface area contributed by atoms with Crippen molar-refractivity contribution in [1.82, 2.24) is 5.32 Å². The first-order valence-electron chi connectivity index (χ1n) is 3.64. The maximum atomic E-state index is 10.9. The highest BCUT2D eigenvalue weighted by Gasteiger charge is 2.19. The van der Waals surface area contributed by atoms with Crippen LogP contribution in [-0.2, 0) is 9.59 Å². The fourth-order valence-electron chi connectivity index (χ4n) is 0.867. The molecule has 0 heterocycles. The zero-order valence-corrected chi connectivity index (χ0v) is 6.89. The molecule has 0 aliphatic heterocycles. The van der Waals surface area contributed by atoms with E-state index in [9.17, 15) is 9.59 Å². The molecule has 3 N–H and O–H groups in total.